The number of carboxylic acid groups (broad SMARTS) is 1. The van der Waals surface area contributed by atoms with Crippen LogP contribution in [0.2, 0.25) is 0 Å². The van der Waals surface area contributed by atoms with Gasteiger partial charge in [0.05, 0.1) is 17.4 Å². The van der Waals surface area contributed by atoms with Crippen molar-refractivity contribution in [1.82, 2.24) is 15.0 Å². The molecule has 3 heterocycles. The molecule has 204 valence electrons. The van der Waals surface area contributed by atoms with Crippen LogP contribution in [0.25, 0.3) is 30.4 Å². The Bertz CT molecular complexity index is 1700. The van der Waals surface area contributed by atoms with Crippen molar-refractivity contribution in [3.8, 4) is 26.8 Å². The van der Waals surface area contributed by atoms with E-state index in [9.17, 15) is 14.7 Å². The predicted octanol–water partition coefficient (Wildman–Crippen LogP) is 6.86. The average Bonchev–Trinajstić information content (AvgIpc) is 3.36. The number of carbonyl (C=O) groups is 2. The number of fused-ring (bicyclic) bond motifs is 1. The van der Waals surface area contributed by atoms with Gasteiger partial charge in [-0.3, -0.25) is 10.1 Å². The third-order valence-corrected chi connectivity index (χ3v) is 9.55. The average molecular weight is 575 g/mol. The van der Waals surface area contributed by atoms with Gasteiger partial charge in [-0.1, -0.05) is 47.7 Å². The fourth-order valence-electron chi connectivity index (χ4n) is 4.80. The van der Waals surface area contributed by atoms with Gasteiger partial charge in [-0.05, 0) is 49.1 Å². The van der Waals surface area contributed by atoms with Crippen molar-refractivity contribution in [2.75, 3.05) is 12.4 Å². The number of carbonyl (C=O) groups excluding carboxylic acids is 1. The van der Waals surface area contributed by atoms with E-state index in [4.69, 9.17) is 9.47 Å². The molecular weight excluding hydrogens is 548 g/mol. The Morgan fingerprint density at radius 2 is 1.75 bits per heavy atom. The molecule has 1 unspecified atom stereocenters. The van der Waals surface area contributed by atoms with Crippen LogP contribution in [-0.4, -0.2) is 39.3 Å². The zero-order valence-corrected chi connectivity index (χ0v) is 23.6. The quantitative estimate of drug-likeness (QED) is 0.208. The molecule has 2 N–H and O–H groups in total. The molecule has 40 heavy (non-hydrogen) atoms. The molecule has 9 nitrogen and oxygen atoms in total. The second-order valence-corrected chi connectivity index (χ2v) is 11.9. The molecule has 1 aliphatic carbocycles. The molecule has 5 aromatic rings. The third kappa shape index (κ3) is 4.61. The molecule has 0 saturated heterocycles. The Kier molecular flexibility index (Phi) is 6.55. The summed E-state index contributed by atoms with van der Waals surface area (Å²) in [5, 5.41) is 20.9. The Morgan fingerprint density at radius 3 is 2.42 bits per heavy atom. The first-order chi connectivity index (χ1) is 19.3. The fourth-order valence-corrected chi connectivity index (χ4v) is 7.18. The SMILES string of the molecule is COc1cc(-c2cc3sc(-c4nnn(C)c4NC(=O)OC(C)c4ccccc4)cc3s2)ccc1C1(C(=O)O)CC1. The van der Waals surface area contributed by atoms with E-state index in [1.54, 1.807) is 36.8 Å². The molecule has 1 aliphatic rings. The lowest BCUT2D eigenvalue weighted by molar-refractivity contribution is -0.140. The van der Waals surface area contributed by atoms with Crippen LogP contribution in [0.15, 0.2) is 60.7 Å². The van der Waals surface area contributed by atoms with E-state index in [1.165, 1.54) is 4.68 Å². The summed E-state index contributed by atoms with van der Waals surface area (Å²) in [7, 11) is 3.29. The molecule has 1 amide bonds. The number of aliphatic carboxylic acids is 1. The number of thiophene rings is 2. The Hall–Kier alpha value is -4.22. The molecule has 0 aliphatic heterocycles. The summed E-state index contributed by atoms with van der Waals surface area (Å²) >= 11 is 3.18. The van der Waals surface area contributed by atoms with Gasteiger partial charge < -0.3 is 14.6 Å². The number of aromatic nitrogens is 3. The number of aryl methyl sites for hydroxylation is 1. The number of amides is 1. The number of methoxy groups -OCH3 is 1. The maximum Gasteiger partial charge on any atom is 0.413 e. The van der Waals surface area contributed by atoms with E-state index in [0.29, 0.717) is 30.1 Å². The first kappa shape index (κ1) is 26.0. The van der Waals surface area contributed by atoms with Crippen LogP contribution in [-0.2, 0) is 22.0 Å². The minimum Gasteiger partial charge on any atom is -0.496 e. The number of hydrogen-bond acceptors (Lipinski definition) is 8. The molecule has 11 heteroatoms. The van der Waals surface area contributed by atoms with Crippen molar-refractivity contribution in [3.05, 3.63) is 71.8 Å². The van der Waals surface area contributed by atoms with Gasteiger partial charge in [-0.25, -0.2) is 9.48 Å². The minimum absolute atomic E-state index is 0.414. The number of hydrogen-bond donors (Lipinski definition) is 2. The summed E-state index contributed by atoms with van der Waals surface area (Å²) < 4.78 is 14.8. The van der Waals surface area contributed by atoms with Crippen molar-refractivity contribution >= 4 is 50.0 Å². The van der Waals surface area contributed by atoms with Gasteiger partial charge in [-0.15, -0.1) is 27.8 Å². The van der Waals surface area contributed by atoms with Gasteiger partial charge in [0.2, 0.25) is 0 Å². The highest BCUT2D eigenvalue weighted by molar-refractivity contribution is 7.31. The van der Waals surface area contributed by atoms with Crippen molar-refractivity contribution in [2.45, 2.75) is 31.3 Å². The molecule has 3 aromatic heterocycles. The molecule has 2 aromatic carbocycles. The predicted molar refractivity (Wildman–Crippen MR) is 155 cm³/mol. The van der Waals surface area contributed by atoms with E-state index in [0.717, 1.165) is 35.8 Å². The molecule has 6 rings (SSSR count). The molecule has 1 fully saturated rings. The van der Waals surface area contributed by atoms with Crippen molar-refractivity contribution < 1.29 is 24.2 Å². The van der Waals surface area contributed by atoms with Crippen LogP contribution in [0.4, 0.5) is 10.6 Å². The van der Waals surface area contributed by atoms with Crippen LogP contribution in [0, 0.1) is 0 Å². The number of benzene rings is 2. The highest BCUT2D eigenvalue weighted by atomic mass is 32.1. The minimum atomic E-state index is -0.830. The molecular formula is C29H26N4O5S2. The zero-order chi connectivity index (χ0) is 28.0. The first-order valence-electron chi connectivity index (χ1n) is 12.7. The maximum absolute atomic E-state index is 12.7. The zero-order valence-electron chi connectivity index (χ0n) is 22.0. The summed E-state index contributed by atoms with van der Waals surface area (Å²) in [6, 6.07) is 19.4. The molecule has 0 bridgehead atoms. The van der Waals surface area contributed by atoms with Gasteiger partial charge in [0, 0.05) is 26.9 Å². The topological polar surface area (TPSA) is 116 Å². The lowest BCUT2D eigenvalue weighted by Crippen LogP contribution is -2.20. The summed E-state index contributed by atoms with van der Waals surface area (Å²) in [5.41, 5.74) is 2.33. The molecule has 0 spiro atoms. The largest absolute Gasteiger partial charge is 0.496 e. The summed E-state index contributed by atoms with van der Waals surface area (Å²) in [6.07, 6.45) is 0.247. The number of ether oxygens (including phenoxy) is 2. The highest BCUT2D eigenvalue weighted by Gasteiger charge is 2.53. The van der Waals surface area contributed by atoms with E-state index >= 15 is 0 Å². The van der Waals surface area contributed by atoms with E-state index in [2.05, 4.69) is 21.7 Å². The number of nitrogens with zero attached hydrogens (tertiary/aromatic N) is 3. The standard InChI is InChI=1S/C29H26N4O5S2/c1-16(17-7-5-4-6-8-17)38-28(36)30-26-25(31-32-33(26)2)24-15-23-22(40-24)14-21(39-23)18-9-10-19(20(13-18)37-3)29(11-12-29)27(34)35/h4-10,13-16H,11-12H2,1-3H3,(H,30,36)(H,34,35). The van der Waals surface area contributed by atoms with E-state index < -0.39 is 23.6 Å². The second kappa shape index (κ2) is 10.1. The fraction of sp³-hybridized carbons (Fsp3) is 0.241. The maximum atomic E-state index is 12.7. The van der Waals surface area contributed by atoms with Gasteiger partial charge >= 0.3 is 12.1 Å². The third-order valence-electron chi connectivity index (χ3n) is 7.20. The number of carboxylic acids is 1. The normalized spacial score (nSPS) is 14.6. The smallest absolute Gasteiger partial charge is 0.413 e. The van der Waals surface area contributed by atoms with Gasteiger partial charge in [0.25, 0.3) is 0 Å². The summed E-state index contributed by atoms with van der Waals surface area (Å²) in [6.45, 7) is 1.82. The Morgan fingerprint density at radius 1 is 1.05 bits per heavy atom. The lowest BCUT2D eigenvalue weighted by atomic mass is 9.93. The molecule has 1 saturated carbocycles. The van der Waals surface area contributed by atoms with Crippen LogP contribution in [0.3, 0.4) is 0 Å². The van der Waals surface area contributed by atoms with Crippen molar-refractivity contribution in [3.63, 3.8) is 0 Å². The summed E-state index contributed by atoms with van der Waals surface area (Å²) in [5.74, 6) is 0.241. The number of anilines is 1. The lowest BCUT2D eigenvalue weighted by Gasteiger charge is -2.15. The van der Waals surface area contributed by atoms with E-state index in [1.807, 2.05) is 61.5 Å². The van der Waals surface area contributed by atoms with Crippen LogP contribution in [0.5, 0.6) is 5.75 Å². The van der Waals surface area contributed by atoms with Gasteiger partial charge in [-0.2, -0.15) is 0 Å². The first-order valence-corrected chi connectivity index (χ1v) is 14.3. The van der Waals surface area contributed by atoms with Crippen molar-refractivity contribution in [1.29, 1.82) is 0 Å². The van der Waals surface area contributed by atoms with Crippen LogP contribution < -0.4 is 10.1 Å². The highest BCUT2D eigenvalue weighted by Crippen LogP contribution is 2.52. The van der Waals surface area contributed by atoms with Crippen LogP contribution >= 0.6 is 22.7 Å². The van der Waals surface area contributed by atoms with E-state index in [-0.39, 0.29) is 0 Å². The van der Waals surface area contributed by atoms with Gasteiger partial charge in [0.15, 0.2) is 5.82 Å². The Balaban J connectivity index is 1.23. The van der Waals surface area contributed by atoms with Crippen LogP contribution in [0.1, 0.15) is 37.0 Å². The molecule has 1 atom stereocenters. The molecule has 0 radical (unpaired) electrons. The van der Waals surface area contributed by atoms with Crippen molar-refractivity contribution in [2.24, 2.45) is 7.05 Å². The monoisotopic (exact) mass is 574 g/mol. The number of rotatable bonds is 8. The second-order valence-electron chi connectivity index (χ2n) is 9.75. The van der Waals surface area contributed by atoms with Gasteiger partial charge in [0.1, 0.15) is 17.5 Å². The number of nitrogens with one attached hydrogen (secondary N) is 1. The summed E-state index contributed by atoms with van der Waals surface area (Å²) in [4.78, 5) is 26.5. The Labute approximate surface area is 238 Å².